The Bertz CT molecular complexity index is 1360. The molecule has 1 aromatic heterocycles. The summed E-state index contributed by atoms with van der Waals surface area (Å²) >= 11 is 1.27. The number of nitrogens with zero attached hydrogens (tertiary/aromatic N) is 1. The minimum Gasteiger partial charge on any atom is -0.478 e. The van der Waals surface area contributed by atoms with Gasteiger partial charge in [0.1, 0.15) is 11.4 Å². The van der Waals surface area contributed by atoms with E-state index < -0.39 is 17.7 Å². The second-order valence-electron chi connectivity index (χ2n) is 6.95. The first kappa shape index (κ1) is 22.2. The smallest absolute Gasteiger partial charge is 0.416 e. The molecular formula is C24H14F3NO4S. The van der Waals surface area contributed by atoms with Crippen molar-refractivity contribution < 1.29 is 27.8 Å². The van der Waals surface area contributed by atoms with Crippen molar-refractivity contribution in [1.29, 1.82) is 0 Å². The minimum atomic E-state index is -4.45. The van der Waals surface area contributed by atoms with E-state index in [1.54, 1.807) is 36.4 Å². The van der Waals surface area contributed by atoms with Gasteiger partial charge in [0.25, 0.3) is 0 Å². The highest BCUT2D eigenvalue weighted by atomic mass is 32.1. The fraction of sp³-hybridized carbons (Fsp3) is 0.0417. The van der Waals surface area contributed by atoms with Gasteiger partial charge in [0.15, 0.2) is 5.75 Å². The molecule has 0 saturated carbocycles. The number of nitroso groups, excluding NO2 is 1. The zero-order chi connectivity index (χ0) is 23.6. The summed E-state index contributed by atoms with van der Waals surface area (Å²) < 4.78 is 45.7. The first-order valence-corrected chi connectivity index (χ1v) is 10.3. The molecule has 0 atom stereocenters. The van der Waals surface area contributed by atoms with E-state index in [2.05, 4.69) is 5.18 Å². The van der Waals surface area contributed by atoms with Crippen molar-refractivity contribution in [2.75, 3.05) is 0 Å². The van der Waals surface area contributed by atoms with E-state index in [9.17, 15) is 22.9 Å². The summed E-state index contributed by atoms with van der Waals surface area (Å²) in [4.78, 5) is 22.2. The lowest BCUT2D eigenvalue weighted by Gasteiger charge is -2.10. The second-order valence-corrected chi connectivity index (χ2v) is 8.00. The molecule has 1 heterocycles. The van der Waals surface area contributed by atoms with Crippen LogP contribution >= 0.6 is 11.3 Å². The third-order valence-corrected chi connectivity index (χ3v) is 5.91. The molecule has 33 heavy (non-hydrogen) atoms. The van der Waals surface area contributed by atoms with Gasteiger partial charge in [0.05, 0.1) is 10.4 Å². The van der Waals surface area contributed by atoms with Crippen LogP contribution in [0.2, 0.25) is 0 Å². The predicted molar refractivity (Wildman–Crippen MR) is 121 cm³/mol. The molecule has 0 spiro atoms. The fourth-order valence-corrected chi connectivity index (χ4v) is 4.32. The quantitative estimate of drug-likeness (QED) is 0.230. The molecule has 166 valence electrons. The molecule has 4 aromatic rings. The highest BCUT2D eigenvalue weighted by Crippen LogP contribution is 2.47. The maximum atomic E-state index is 13.0. The zero-order valence-corrected chi connectivity index (χ0v) is 17.5. The van der Waals surface area contributed by atoms with E-state index in [1.165, 1.54) is 35.6 Å². The Hall–Kier alpha value is -3.98. The van der Waals surface area contributed by atoms with Gasteiger partial charge in [-0.15, -0.1) is 16.2 Å². The number of benzene rings is 3. The van der Waals surface area contributed by atoms with Crippen LogP contribution in [0.15, 0.2) is 78.0 Å². The number of thiophene rings is 1. The Balaban J connectivity index is 1.76. The number of carboxylic acid groups (broad SMARTS) is 1. The van der Waals surface area contributed by atoms with E-state index in [0.717, 1.165) is 18.2 Å². The average Bonchev–Trinajstić information content (AvgIpc) is 3.15. The number of carboxylic acids is 1. The number of alkyl halides is 3. The highest BCUT2D eigenvalue weighted by Gasteiger charge is 2.30. The minimum absolute atomic E-state index is 0.226. The van der Waals surface area contributed by atoms with Crippen LogP contribution in [0.4, 0.5) is 18.9 Å². The highest BCUT2D eigenvalue weighted by molar-refractivity contribution is 7.22. The summed E-state index contributed by atoms with van der Waals surface area (Å²) in [5.41, 5.74) is 0.654. The first-order chi connectivity index (χ1) is 15.7. The topological polar surface area (TPSA) is 76.0 Å². The van der Waals surface area contributed by atoms with Gasteiger partial charge in [-0.3, -0.25) is 0 Å². The van der Waals surface area contributed by atoms with Gasteiger partial charge >= 0.3 is 12.1 Å². The fourth-order valence-electron chi connectivity index (χ4n) is 3.15. The molecule has 0 unspecified atom stereocenters. The lowest BCUT2D eigenvalue weighted by atomic mass is 10.1. The molecule has 0 amide bonds. The molecule has 3 aromatic carbocycles. The molecule has 0 radical (unpaired) electrons. The second kappa shape index (κ2) is 8.87. The van der Waals surface area contributed by atoms with Crippen LogP contribution in [0, 0.1) is 4.91 Å². The zero-order valence-electron chi connectivity index (χ0n) is 16.7. The Morgan fingerprint density at radius 3 is 2.30 bits per heavy atom. The SMILES string of the molecule is O=Nc1ccc2c(Oc3ccc(/C=C/C(=O)O)cc3)c(-c3ccc(C(F)(F)F)cc3)sc2c1. The number of rotatable bonds is 6. The first-order valence-electron chi connectivity index (χ1n) is 9.51. The van der Waals surface area contributed by atoms with Crippen LogP contribution in [0.3, 0.4) is 0 Å². The molecule has 4 rings (SSSR count). The van der Waals surface area contributed by atoms with E-state index in [4.69, 9.17) is 9.84 Å². The van der Waals surface area contributed by atoms with Gasteiger partial charge in [-0.25, -0.2) is 4.79 Å². The monoisotopic (exact) mass is 469 g/mol. The largest absolute Gasteiger partial charge is 0.478 e. The maximum Gasteiger partial charge on any atom is 0.416 e. The summed E-state index contributed by atoms with van der Waals surface area (Å²) in [7, 11) is 0. The van der Waals surface area contributed by atoms with Crippen molar-refractivity contribution >= 4 is 39.2 Å². The summed E-state index contributed by atoms with van der Waals surface area (Å²) in [6.07, 6.45) is -1.99. The van der Waals surface area contributed by atoms with E-state index in [0.29, 0.717) is 37.6 Å². The number of hydrogen-bond acceptors (Lipinski definition) is 5. The summed E-state index contributed by atoms with van der Waals surface area (Å²) in [6, 6.07) is 16.2. The third-order valence-electron chi connectivity index (χ3n) is 4.73. The molecule has 0 aliphatic carbocycles. The lowest BCUT2D eigenvalue weighted by molar-refractivity contribution is -0.137. The summed E-state index contributed by atoms with van der Waals surface area (Å²) in [5.74, 6) is -0.181. The van der Waals surface area contributed by atoms with Gasteiger partial charge < -0.3 is 9.84 Å². The van der Waals surface area contributed by atoms with Crippen LogP contribution in [-0.4, -0.2) is 11.1 Å². The van der Waals surface area contributed by atoms with Gasteiger partial charge in [-0.2, -0.15) is 13.2 Å². The molecule has 0 aliphatic rings. The van der Waals surface area contributed by atoms with Crippen LogP contribution in [0.5, 0.6) is 11.5 Å². The molecular weight excluding hydrogens is 455 g/mol. The summed E-state index contributed by atoms with van der Waals surface area (Å²) in [6.45, 7) is 0. The van der Waals surface area contributed by atoms with Crippen LogP contribution in [0.1, 0.15) is 11.1 Å². The number of ether oxygens (including phenoxy) is 1. The molecule has 5 nitrogen and oxygen atoms in total. The van der Waals surface area contributed by atoms with Crippen molar-refractivity contribution in [2.24, 2.45) is 5.18 Å². The lowest BCUT2D eigenvalue weighted by Crippen LogP contribution is -2.03. The molecule has 0 fully saturated rings. The predicted octanol–water partition coefficient (Wildman–Crippen LogP) is 7.88. The van der Waals surface area contributed by atoms with Crippen molar-refractivity contribution in [2.45, 2.75) is 6.18 Å². The Kier molecular flexibility index (Phi) is 5.97. The molecule has 9 heteroatoms. The van der Waals surface area contributed by atoms with Gasteiger partial charge in [-0.1, -0.05) is 24.3 Å². The van der Waals surface area contributed by atoms with Crippen LogP contribution < -0.4 is 4.74 Å². The van der Waals surface area contributed by atoms with Gasteiger partial charge in [0.2, 0.25) is 0 Å². The average molecular weight is 469 g/mol. The van der Waals surface area contributed by atoms with Crippen LogP contribution in [-0.2, 0) is 11.0 Å². The maximum absolute atomic E-state index is 13.0. The van der Waals surface area contributed by atoms with E-state index in [-0.39, 0.29) is 5.69 Å². The molecule has 0 aliphatic heterocycles. The van der Waals surface area contributed by atoms with Crippen LogP contribution in [0.25, 0.3) is 26.6 Å². The Morgan fingerprint density at radius 1 is 1.00 bits per heavy atom. The number of aliphatic carboxylic acids is 1. The van der Waals surface area contributed by atoms with E-state index in [1.807, 2.05) is 0 Å². The number of halogens is 3. The van der Waals surface area contributed by atoms with Crippen molar-refractivity contribution in [3.05, 3.63) is 88.8 Å². The normalized spacial score (nSPS) is 11.7. The Morgan fingerprint density at radius 2 is 1.70 bits per heavy atom. The standard InChI is InChI=1S/C24H14F3NO4S/c25-24(26,27)16-6-4-15(5-7-16)23-22(19-11-8-17(28-31)13-20(19)33-23)32-18-9-1-14(2-10-18)3-12-21(29)30/h1-13H,(H,29,30)/b12-3+. The Labute approximate surface area is 189 Å². The third kappa shape index (κ3) is 4.93. The number of hydrogen-bond donors (Lipinski definition) is 1. The van der Waals surface area contributed by atoms with Gasteiger partial charge in [0, 0.05) is 16.2 Å². The molecule has 0 bridgehead atoms. The van der Waals surface area contributed by atoms with Gasteiger partial charge in [-0.05, 0) is 64.8 Å². The summed E-state index contributed by atoms with van der Waals surface area (Å²) in [5, 5.41) is 12.4. The van der Waals surface area contributed by atoms with E-state index >= 15 is 0 Å². The number of carbonyl (C=O) groups is 1. The number of fused-ring (bicyclic) bond motifs is 1. The molecule has 0 saturated heterocycles. The molecule has 1 N–H and O–H groups in total. The van der Waals surface area contributed by atoms with Crippen molar-refractivity contribution in [1.82, 2.24) is 0 Å². The van der Waals surface area contributed by atoms with Crippen molar-refractivity contribution in [3.63, 3.8) is 0 Å². The van der Waals surface area contributed by atoms with Crippen molar-refractivity contribution in [3.8, 4) is 21.9 Å².